The predicted molar refractivity (Wildman–Crippen MR) is 115 cm³/mol. The van der Waals surface area contributed by atoms with Gasteiger partial charge in [-0.15, -0.1) is 5.10 Å². The number of amides is 1. The van der Waals surface area contributed by atoms with Gasteiger partial charge in [0.15, 0.2) is 0 Å². The van der Waals surface area contributed by atoms with Gasteiger partial charge in [0.1, 0.15) is 5.75 Å². The highest BCUT2D eigenvalue weighted by Crippen LogP contribution is 2.28. The van der Waals surface area contributed by atoms with Gasteiger partial charge in [0.2, 0.25) is 11.1 Å². The molecule has 0 spiro atoms. The van der Waals surface area contributed by atoms with E-state index in [-0.39, 0.29) is 11.7 Å². The molecule has 0 atom stereocenters. The van der Waals surface area contributed by atoms with E-state index < -0.39 is 0 Å². The summed E-state index contributed by atoms with van der Waals surface area (Å²) in [4.78, 5) is 12.4. The lowest BCUT2D eigenvalue weighted by Gasteiger charge is -2.10. The normalized spacial score (nSPS) is 10.7. The third kappa shape index (κ3) is 5.71. The zero-order valence-corrected chi connectivity index (χ0v) is 17.8. The van der Waals surface area contributed by atoms with E-state index in [4.69, 9.17) is 16.3 Å². The first-order chi connectivity index (χ1) is 14.1. The van der Waals surface area contributed by atoms with Gasteiger partial charge in [0.25, 0.3) is 0 Å². The third-order valence-electron chi connectivity index (χ3n) is 4.21. The summed E-state index contributed by atoms with van der Waals surface area (Å²) in [6, 6.07) is 13.2. The Morgan fingerprint density at radius 2 is 2.03 bits per heavy atom. The van der Waals surface area contributed by atoms with Crippen LogP contribution in [0.25, 0.3) is 5.69 Å². The van der Waals surface area contributed by atoms with Gasteiger partial charge in [-0.05, 0) is 59.2 Å². The molecule has 0 radical (unpaired) electrons. The molecule has 152 valence electrons. The minimum atomic E-state index is -0.208. The molecule has 0 unspecified atom stereocenters. The van der Waals surface area contributed by atoms with Gasteiger partial charge in [-0.25, -0.2) is 0 Å². The van der Waals surface area contributed by atoms with Gasteiger partial charge < -0.3 is 10.1 Å². The van der Waals surface area contributed by atoms with Crippen molar-refractivity contribution in [3.05, 3.63) is 53.1 Å². The summed E-state index contributed by atoms with van der Waals surface area (Å²) in [6.45, 7) is 2.18. The van der Waals surface area contributed by atoms with Crippen LogP contribution in [0.3, 0.4) is 0 Å². The average Bonchev–Trinajstić information content (AvgIpc) is 3.20. The largest absolute Gasteiger partial charge is 0.495 e. The first kappa shape index (κ1) is 21.1. The fourth-order valence-corrected chi connectivity index (χ4v) is 3.57. The molecular weight excluding hydrogens is 410 g/mol. The maximum Gasteiger partial charge on any atom is 0.234 e. The molecular formula is C20H22ClN5O2S. The Morgan fingerprint density at radius 3 is 2.76 bits per heavy atom. The SMILES string of the molecule is CCCCc1ccc(-n2nnnc2SCC(=O)Nc2cc(Cl)ccc2OC)cc1. The number of thioether (sulfide) groups is 1. The van der Waals surface area contributed by atoms with Gasteiger partial charge in [-0.2, -0.15) is 4.68 Å². The van der Waals surface area contributed by atoms with Crippen molar-refractivity contribution in [1.29, 1.82) is 0 Å². The van der Waals surface area contributed by atoms with Crippen LogP contribution in [0.5, 0.6) is 5.75 Å². The molecule has 0 aliphatic heterocycles. The minimum Gasteiger partial charge on any atom is -0.495 e. The number of aromatic nitrogens is 4. The number of unbranched alkanes of at least 4 members (excludes halogenated alkanes) is 1. The van der Waals surface area contributed by atoms with Crippen molar-refractivity contribution in [2.24, 2.45) is 0 Å². The van der Waals surface area contributed by atoms with Crippen molar-refractivity contribution in [3.8, 4) is 11.4 Å². The lowest BCUT2D eigenvalue weighted by Crippen LogP contribution is -2.15. The average molecular weight is 432 g/mol. The van der Waals surface area contributed by atoms with Crippen molar-refractivity contribution in [3.63, 3.8) is 0 Å². The van der Waals surface area contributed by atoms with Crippen LogP contribution in [0.1, 0.15) is 25.3 Å². The van der Waals surface area contributed by atoms with E-state index >= 15 is 0 Å². The fourth-order valence-electron chi connectivity index (χ4n) is 2.71. The summed E-state index contributed by atoms with van der Waals surface area (Å²) in [6.07, 6.45) is 3.39. The second-order valence-electron chi connectivity index (χ2n) is 6.32. The highest BCUT2D eigenvalue weighted by Gasteiger charge is 2.13. The molecule has 0 aliphatic rings. The van der Waals surface area contributed by atoms with Crippen LogP contribution in [0.15, 0.2) is 47.6 Å². The molecule has 1 heterocycles. The topological polar surface area (TPSA) is 81.9 Å². The molecule has 1 amide bonds. The van der Waals surface area contributed by atoms with Crippen molar-refractivity contribution >= 4 is 35.0 Å². The Bertz CT molecular complexity index is 962. The second kappa shape index (κ2) is 10.3. The quantitative estimate of drug-likeness (QED) is 0.506. The lowest BCUT2D eigenvalue weighted by molar-refractivity contribution is -0.113. The molecule has 2 aromatic carbocycles. The number of tetrazole rings is 1. The molecule has 1 N–H and O–H groups in total. The summed E-state index contributed by atoms with van der Waals surface area (Å²) >= 11 is 7.25. The van der Waals surface area contributed by atoms with E-state index in [1.807, 2.05) is 12.1 Å². The van der Waals surface area contributed by atoms with Crippen LogP contribution < -0.4 is 10.1 Å². The predicted octanol–water partition coefficient (Wildman–Crippen LogP) is 4.40. The van der Waals surface area contributed by atoms with Crippen molar-refractivity contribution in [1.82, 2.24) is 20.2 Å². The summed E-state index contributed by atoms with van der Waals surface area (Å²) in [5.41, 5.74) is 2.66. The van der Waals surface area contributed by atoms with Crippen LogP contribution in [0, 0.1) is 0 Å². The Hall–Kier alpha value is -2.58. The van der Waals surface area contributed by atoms with E-state index in [0.717, 1.165) is 18.5 Å². The van der Waals surface area contributed by atoms with E-state index in [1.54, 1.807) is 22.9 Å². The monoisotopic (exact) mass is 431 g/mol. The molecule has 1 aromatic heterocycles. The molecule has 3 rings (SSSR count). The number of carbonyl (C=O) groups excluding carboxylic acids is 1. The first-order valence-corrected chi connectivity index (χ1v) is 10.6. The standard InChI is InChI=1S/C20H22ClN5O2S/c1-3-4-5-14-6-9-16(10-7-14)26-20(23-24-25-26)29-13-19(27)22-17-12-15(21)8-11-18(17)28-2/h6-12H,3-5,13H2,1-2H3,(H,22,27). The van der Waals surface area contributed by atoms with E-state index in [2.05, 4.69) is 39.9 Å². The fraction of sp³-hybridized carbons (Fsp3) is 0.300. The van der Waals surface area contributed by atoms with Crippen LogP contribution in [-0.4, -0.2) is 39.0 Å². The number of aryl methyl sites for hydroxylation is 1. The van der Waals surface area contributed by atoms with Gasteiger partial charge in [-0.1, -0.05) is 48.8 Å². The molecule has 0 bridgehead atoms. The number of anilines is 1. The lowest BCUT2D eigenvalue weighted by atomic mass is 10.1. The number of nitrogens with zero attached hydrogens (tertiary/aromatic N) is 4. The zero-order valence-electron chi connectivity index (χ0n) is 16.3. The number of hydrogen-bond acceptors (Lipinski definition) is 6. The molecule has 0 fully saturated rings. The van der Waals surface area contributed by atoms with Crippen LogP contribution in [0.4, 0.5) is 5.69 Å². The number of rotatable bonds is 9. The number of ether oxygens (including phenoxy) is 1. The van der Waals surface area contributed by atoms with E-state index in [9.17, 15) is 4.79 Å². The van der Waals surface area contributed by atoms with Crippen molar-refractivity contribution in [2.75, 3.05) is 18.2 Å². The summed E-state index contributed by atoms with van der Waals surface area (Å²) < 4.78 is 6.87. The molecule has 0 saturated carbocycles. The van der Waals surface area contributed by atoms with Gasteiger partial charge >= 0.3 is 0 Å². The summed E-state index contributed by atoms with van der Waals surface area (Å²) in [5.74, 6) is 0.478. The Morgan fingerprint density at radius 1 is 1.24 bits per heavy atom. The maximum absolute atomic E-state index is 12.4. The number of hydrogen-bond donors (Lipinski definition) is 1. The second-order valence-corrected chi connectivity index (χ2v) is 7.70. The molecule has 9 heteroatoms. The Labute approximate surface area is 178 Å². The van der Waals surface area contributed by atoms with E-state index in [0.29, 0.717) is 21.6 Å². The molecule has 0 aliphatic carbocycles. The van der Waals surface area contributed by atoms with Gasteiger partial charge in [0, 0.05) is 5.02 Å². The highest BCUT2D eigenvalue weighted by atomic mass is 35.5. The first-order valence-electron chi connectivity index (χ1n) is 9.24. The van der Waals surface area contributed by atoms with E-state index in [1.165, 1.54) is 30.9 Å². The number of nitrogens with one attached hydrogen (secondary N) is 1. The van der Waals surface area contributed by atoms with Crippen LogP contribution in [0.2, 0.25) is 5.02 Å². The Balaban J connectivity index is 1.63. The number of carbonyl (C=O) groups is 1. The minimum absolute atomic E-state index is 0.143. The number of halogens is 1. The molecule has 29 heavy (non-hydrogen) atoms. The van der Waals surface area contributed by atoms with Gasteiger partial charge in [-0.3, -0.25) is 4.79 Å². The van der Waals surface area contributed by atoms with Gasteiger partial charge in [0.05, 0.1) is 24.2 Å². The summed E-state index contributed by atoms with van der Waals surface area (Å²) in [5, 5.41) is 15.7. The zero-order chi connectivity index (χ0) is 20.6. The Kier molecular flexibility index (Phi) is 7.48. The van der Waals surface area contributed by atoms with Crippen molar-refractivity contribution < 1.29 is 9.53 Å². The highest BCUT2D eigenvalue weighted by molar-refractivity contribution is 7.99. The smallest absolute Gasteiger partial charge is 0.234 e. The van der Waals surface area contributed by atoms with Crippen molar-refractivity contribution in [2.45, 2.75) is 31.3 Å². The third-order valence-corrected chi connectivity index (χ3v) is 5.36. The van der Waals surface area contributed by atoms with Crippen LogP contribution in [-0.2, 0) is 11.2 Å². The summed E-state index contributed by atoms with van der Waals surface area (Å²) in [7, 11) is 1.54. The molecule has 7 nitrogen and oxygen atoms in total. The van der Waals surface area contributed by atoms with Crippen LogP contribution >= 0.6 is 23.4 Å². The maximum atomic E-state index is 12.4. The molecule has 3 aromatic rings. The molecule has 0 saturated heterocycles. The number of benzene rings is 2. The number of methoxy groups -OCH3 is 1.